The van der Waals surface area contributed by atoms with E-state index in [0.29, 0.717) is 17.4 Å². The maximum atomic E-state index is 12.7. The molecule has 270 valence electrons. The Balaban J connectivity index is 4.57. The normalized spacial score (nSPS) is 15.6. The number of rotatable bonds is 30. The van der Waals surface area contributed by atoms with Crippen molar-refractivity contribution in [1.29, 1.82) is 0 Å². The average Bonchev–Trinajstić information content (AvgIpc) is 3.01. The summed E-state index contributed by atoms with van der Waals surface area (Å²) in [6, 6.07) is -0.875. The molecule has 0 aliphatic heterocycles. The zero-order chi connectivity index (χ0) is 35.1. The first-order valence-electron chi connectivity index (χ1n) is 17.8. The molecule has 47 heavy (non-hydrogen) atoms. The van der Waals surface area contributed by atoms with Gasteiger partial charge in [-0.15, -0.1) is 0 Å². The molecule has 0 aliphatic rings. The van der Waals surface area contributed by atoms with Crippen molar-refractivity contribution < 1.29 is 32.9 Å². The fourth-order valence-electron chi connectivity index (χ4n) is 4.27. The van der Waals surface area contributed by atoms with Crippen LogP contribution in [-0.2, 0) is 18.4 Å². The first-order valence-corrected chi connectivity index (χ1v) is 19.3. The number of phosphoric ester groups is 1. The molecule has 0 heterocycles. The number of carbonyl (C=O) groups is 1. The Morgan fingerprint density at radius 2 is 1.30 bits per heavy atom. The molecule has 0 aliphatic carbocycles. The standard InChI is InChI=1S/C38H67N2O6P/c1-6-8-10-12-14-16-17-18-19-20-21-22-23-24-26-28-30-32-38(42)39-36(35-46-47(43,44)45-34-33-40(3,4)5)37(41)31-29-27-25-15-13-11-9-7-2/h8,10,13-16,18-19,21-22,29,31,36-37,41H,6-7,9,11-12,17,20,23-28,30,32-35H2,1-5H3,(H-,39,42,43,44)/p+1/b10-8-,15-13+,16-14-,19-18-,22-21-,31-29+. The van der Waals surface area contributed by atoms with Crippen LogP contribution in [0.2, 0.25) is 0 Å². The van der Waals surface area contributed by atoms with Crippen molar-refractivity contribution in [3.05, 3.63) is 72.9 Å². The number of hydrogen-bond donors (Lipinski definition) is 3. The summed E-state index contributed by atoms with van der Waals surface area (Å²) in [5.41, 5.74) is 0. The fourth-order valence-corrected chi connectivity index (χ4v) is 5.00. The van der Waals surface area contributed by atoms with Crippen molar-refractivity contribution in [3.63, 3.8) is 0 Å². The van der Waals surface area contributed by atoms with Gasteiger partial charge < -0.3 is 19.8 Å². The van der Waals surface area contributed by atoms with Gasteiger partial charge in [0.1, 0.15) is 13.2 Å². The molecule has 0 fully saturated rings. The molecule has 8 nitrogen and oxygen atoms in total. The van der Waals surface area contributed by atoms with Crippen molar-refractivity contribution >= 4 is 13.7 Å². The molecule has 0 aromatic rings. The van der Waals surface area contributed by atoms with E-state index >= 15 is 0 Å². The summed E-state index contributed by atoms with van der Waals surface area (Å²) in [6.07, 6.45) is 38.4. The van der Waals surface area contributed by atoms with Gasteiger partial charge in [-0.3, -0.25) is 13.8 Å². The van der Waals surface area contributed by atoms with Gasteiger partial charge in [-0.25, -0.2) is 4.57 Å². The van der Waals surface area contributed by atoms with E-state index in [2.05, 4.69) is 79.9 Å². The van der Waals surface area contributed by atoms with Crippen LogP contribution in [0.25, 0.3) is 0 Å². The van der Waals surface area contributed by atoms with Crippen molar-refractivity contribution in [3.8, 4) is 0 Å². The molecule has 0 bridgehead atoms. The summed E-state index contributed by atoms with van der Waals surface area (Å²) in [5, 5.41) is 13.6. The van der Waals surface area contributed by atoms with Gasteiger partial charge in [0.2, 0.25) is 5.91 Å². The van der Waals surface area contributed by atoms with Crippen LogP contribution in [-0.4, -0.2) is 73.4 Å². The molecule has 0 aromatic heterocycles. The minimum atomic E-state index is -4.34. The summed E-state index contributed by atoms with van der Waals surface area (Å²) in [7, 11) is 1.51. The van der Waals surface area contributed by atoms with E-state index in [4.69, 9.17) is 9.05 Å². The second-order valence-corrected chi connectivity index (χ2v) is 14.3. The van der Waals surface area contributed by atoms with Crippen molar-refractivity contribution in [1.82, 2.24) is 5.32 Å². The fraction of sp³-hybridized carbons (Fsp3) is 0.658. The molecule has 3 N–H and O–H groups in total. The monoisotopic (exact) mass is 679 g/mol. The summed E-state index contributed by atoms with van der Waals surface area (Å²) >= 11 is 0. The highest BCUT2D eigenvalue weighted by Gasteiger charge is 2.27. The third-order valence-corrected chi connectivity index (χ3v) is 8.14. The number of quaternary nitrogens is 1. The SMILES string of the molecule is CC/C=C\C/C=C\C/C=C\C/C=C\CCCCCCC(=O)NC(COP(=O)(O)OCC[N+](C)(C)C)C(O)/C=C/CC/C=C/CCCC. The Hall–Kier alpha value is -2.06. The van der Waals surface area contributed by atoms with Crippen LogP contribution in [0, 0.1) is 0 Å². The van der Waals surface area contributed by atoms with E-state index in [0.717, 1.165) is 77.0 Å². The smallest absolute Gasteiger partial charge is 0.387 e. The molecule has 0 saturated heterocycles. The van der Waals surface area contributed by atoms with E-state index in [-0.39, 0.29) is 19.1 Å². The average molecular weight is 680 g/mol. The highest BCUT2D eigenvalue weighted by Crippen LogP contribution is 2.43. The Morgan fingerprint density at radius 3 is 1.94 bits per heavy atom. The predicted octanol–water partition coefficient (Wildman–Crippen LogP) is 8.90. The third-order valence-electron chi connectivity index (χ3n) is 7.16. The van der Waals surface area contributed by atoms with Gasteiger partial charge in [0, 0.05) is 6.42 Å². The van der Waals surface area contributed by atoms with E-state index in [1.807, 2.05) is 27.2 Å². The Kier molecular flexibility index (Phi) is 28.7. The zero-order valence-corrected chi connectivity index (χ0v) is 31.1. The van der Waals surface area contributed by atoms with Gasteiger partial charge in [0.15, 0.2) is 0 Å². The molecule has 0 rings (SSSR count). The van der Waals surface area contributed by atoms with Gasteiger partial charge >= 0.3 is 7.82 Å². The quantitative estimate of drug-likeness (QED) is 0.0303. The highest BCUT2D eigenvalue weighted by molar-refractivity contribution is 7.47. The number of aliphatic hydroxyl groups is 1. The maximum Gasteiger partial charge on any atom is 0.472 e. The molecular formula is C38H68N2O6P+. The number of nitrogens with one attached hydrogen (secondary N) is 1. The van der Waals surface area contributed by atoms with Crippen LogP contribution in [0.15, 0.2) is 72.9 Å². The van der Waals surface area contributed by atoms with Gasteiger partial charge in [-0.2, -0.15) is 0 Å². The second-order valence-electron chi connectivity index (χ2n) is 12.8. The van der Waals surface area contributed by atoms with Crippen LogP contribution in [0.1, 0.15) is 110 Å². The number of nitrogens with zero attached hydrogens (tertiary/aromatic N) is 1. The summed E-state index contributed by atoms with van der Waals surface area (Å²) in [4.78, 5) is 22.9. The van der Waals surface area contributed by atoms with Crippen molar-refractivity contribution in [2.75, 3.05) is 40.9 Å². The molecule has 9 heteroatoms. The van der Waals surface area contributed by atoms with Crippen LogP contribution < -0.4 is 5.32 Å². The number of carbonyl (C=O) groups excluding carboxylic acids is 1. The number of hydrogen-bond acceptors (Lipinski definition) is 5. The van der Waals surface area contributed by atoms with Crippen LogP contribution in [0.3, 0.4) is 0 Å². The minimum Gasteiger partial charge on any atom is -0.387 e. The third kappa shape index (κ3) is 32.3. The lowest BCUT2D eigenvalue weighted by molar-refractivity contribution is -0.870. The number of unbranched alkanes of at least 4 members (excludes halogenated alkanes) is 7. The molecule has 3 unspecified atom stereocenters. The Morgan fingerprint density at radius 1 is 0.745 bits per heavy atom. The first kappa shape index (κ1) is 44.9. The van der Waals surface area contributed by atoms with E-state index < -0.39 is 20.0 Å². The van der Waals surface area contributed by atoms with Crippen LogP contribution in [0.5, 0.6) is 0 Å². The molecule has 0 radical (unpaired) electrons. The van der Waals surface area contributed by atoms with Crippen LogP contribution in [0.4, 0.5) is 0 Å². The zero-order valence-electron chi connectivity index (χ0n) is 30.2. The maximum absolute atomic E-state index is 12.7. The Labute approximate surface area is 287 Å². The molecule has 0 aromatic carbocycles. The molecule has 0 spiro atoms. The summed E-state index contributed by atoms with van der Waals surface area (Å²) < 4.78 is 23.3. The lowest BCUT2D eigenvalue weighted by Crippen LogP contribution is -2.45. The number of phosphoric acid groups is 1. The van der Waals surface area contributed by atoms with Gasteiger partial charge in [0.25, 0.3) is 0 Å². The van der Waals surface area contributed by atoms with E-state index in [1.54, 1.807) is 6.08 Å². The number of aliphatic hydroxyl groups excluding tert-OH is 1. The molecule has 1 amide bonds. The molecule has 3 atom stereocenters. The molecule has 0 saturated carbocycles. The minimum absolute atomic E-state index is 0.0464. The van der Waals surface area contributed by atoms with Crippen LogP contribution >= 0.6 is 7.82 Å². The lowest BCUT2D eigenvalue weighted by Gasteiger charge is -2.25. The number of likely N-dealkylation sites (N-methyl/N-ethyl adjacent to an activating group) is 1. The molecular weight excluding hydrogens is 611 g/mol. The van der Waals surface area contributed by atoms with E-state index in [9.17, 15) is 19.4 Å². The van der Waals surface area contributed by atoms with Gasteiger partial charge in [0.05, 0.1) is 39.9 Å². The second kappa shape index (κ2) is 30.0. The predicted molar refractivity (Wildman–Crippen MR) is 198 cm³/mol. The first-order chi connectivity index (χ1) is 22.5. The summed E-state index contributed by atoms with van der Waals surface area (Å²) in [6.45, 7) is 4.53. The van der Waals surface area contributed by atoms with Crippen molar-refractivity contribution in [2.24, 2.45) is 0 Å². The largest absolute Gasteiger partial charge is 0.472 e. The number of allylic oxidation sites excluding steroid dienone is 11. The van der Waals surface area contributed by atoms with E-state index in [1.165, 1.54) is 12.8 Å². The van der Waals surface area contributed by atoms with Crippen molar-refractivity contribution in [2.45, 2.75) is 122 Å². The Bertz CT molecular complexity index is 997. The van der Waals surface area contributed by atoms with Gasteiger partial charge in [-0.1, -0.05) is 112 Å². The highest BCUT2D eigenvalue weighted by atomic mass is 31.2. The summed E-state index contributed by atoms with van der Waals surface area (Å²) in [5.74, 6) is -0.220. The van der Waals surface area contributed by atoms with Gasteiger partial charge in [-0.05, 0) is 64.2 Å². The number of amides is 1. The lowest BCUT2D eigenvalue weighted by atomic mass is 10.1. The topological polar surface area (TPSA) is 105 Å².